The highest BCUT2D eigenvalue weighted by Crippen LogP contribution is 2.55. The number of ether oxygens (including phenoxy) is 1. The molecular formula is C26H22FN3O4S. The van der Waals surface area contributed by atoms with E-state index in [-0.39, 0.29) is 18.2 Å². The van der Waals surface area contributed by atoms with E-state index in [0.29, 0.717) is 35.0 Å². The van der Waals surface area contributed by atoms with E-state index in [1.54, 1.807) is 42.5 Å². The number of fused-ring (bicyclic) bond motifs is 2. The van der Waals surface area contributed by atoms with E-state index >= 15 is 0 Å². The summed E-state index contributed by atoms with van der Waals surface area (Å²) >= 11 is 1.20. The van der Waals surface area contributed by atoms with Gasteiger partial charge in [-0.2, -0.15) is 0 Å². The summed E-state index contributed by atoms with van der Waals surface area (Å²) in [5.74, 6) is -0.883. The average molecular weight is 492 g/mol. The SMILES string of the molecule is CCOc1ccccc1NC(=O)CN1C(=O)[C@@]2(SCC(=O)N2c2ccc(F)cc2)c2ccccc21. The number of para-hydroxylation sites is 3. The topological polar surface area (TPSA) is 79.0 Å². The van der Waals surface area contributed by atoms with E-state index in [2.05, 4.69) is 5.32 Å². The number of halogens is 1. The van der Waals surface area contributed by atoms with Crippen LogP contribution in [0.15, 0.2) is 72.8 Å². The van der Waals surface area contributed by atoms with Gasteiger partial charge in [-0.3, -0.25) is 24.2 Å². The van der Waals surface area contributed by atoms with E-state index < -0.39 is 22.5 Å². The molecule has 0 aliphatic carbocycles. The number of nitrogens with zero attached hydrogens (tertiary/aromatic N) is 2. The molecule has 3 aromatic rings. The van der Waals surface area contributed by atoms with Gasteiger partial charge in [0.25, 0.3) is 5.91 Å². The highest BCUT2D eigenvalue weighted by Gasteiger charge is 2.61. The monoisotopic (exact) mass is 491 g/mol. The molecule has 1 fully saturated rings. The molecule has 9 heteroatoms. The highest BCUT2D eigenvalue weighted by atomic mass is 32.2. The largest absolute Gasteiger partial charge is 0.492 e. The summed E-state index contributed by atoms with van der Waals surface area (Å²) in [6.45, 7) is 2.05. The van der Waals surface area contributed by atoms with Gasteiger partial charge >= 0.3 is 0 Å². The first-order valence-corrected chi connectivity index (χ1v) is 12.1. The van der Waals surface area contributed by atoms with Crippen molar-refractivity contribution in [1.29, 1.82) is 0 Å². The number of rotatable bonds is 6. The van der Waals surface area contributed by atoms with Crippen LogP contribution >= 0.6 is 11.8 Å². The Morgan fingerprint density at radius 1 is 1.06 bits per heavy atom. The van der Waals surface area contributed by atoms with Gasteiger partial charge in [-0.1, -0.05) is 30.3 Å². The van der Waals surface area contributed by atoms with Crippen molar-refractivity contribution in [3.63, 3.8) is 0 Å². The van der Waals surface area contributed by atoms with E-state index in [0.717, 1.165) is 0 Å². The maximum atomic E-state index is 14.0. The first-order valence-electron chi connectivity index (χ1n) is 11.1. The molecule has 1 saturated heterocycles. The van der Waals surface area contributed by atoms with E-state index in [1.807, 2.05) is 13.0 Å². The number of carbonyl (C=O) groups is 3. The van der Waals surface area contributed by atoms with E-state index in [1.165, 1.54) is 45.8 Å². The van der Waals surface area contributed by atoms with Gasteiger partial charge in [-0.25, -0.2) is 4.39 Å². The van der Waals surface area contributed by atoms with Crippen molar-refractivity contribution in [1.82, 2.24) is 0 Å². The summed E-state index contributed by atoms with van der Waals surface area (Å²) in [4.78, 5) is 41.5. The molecule has 35 heavy (non-hydrogen) atoms. The van der Waals surface area contributed by atoms with Crippen molar-refractivity contribution < 1.29 is 23.5 Å². The molecule has 0 bridgehead atoms. The fourth-order valence-corrected chi connectivity index (χ4v) is 5.85. The maximum Gasteiger partial charge on any atom is 0.269 e. The van der Waals surface area contributed by atoms with Gasteiger partial charge in [-0.15, -0.1) is 11.8 Å². The van der Waals surface area contributed by atoms with Gasteiger partial charge in [-0.05, 0) is 49.4 Å². The number of benzene rings is 3. The fourth-order valence-electron chi connectivity index (χ4n) is 4.49. The Morgan fingerprint density at radius 2 is 1.77 bits per heavy atom. The predicted octanol–water partition coefficient (Wildman–Crippen LogP) is 4.14. The highest BCUT2D eigenvalue weighted by molar-refractivity contribution is 8.02. The molecular weight excluding hydrogens is 469 g/mol. The number of thioether (sulfide) groups is 1. The standard InChI is InChI=1S/C26H22FN3O4S/c1-2-34-22-10-6-4-8-20(22)28-23(31)15-29-21-9-5-3-7-19(21)26(25(29)33)30(24(32)16-35-26)18-13-11-17(27)12-14-18/h3-14H,2,15-16H2,1H3,(H,28,31)/t26-/m0/s1. The van der Waals surface area contributed by atoms with Crippen LogP contribution < -0.4 is 19.9 Å². The second kappa shape index (κ2) is 9.07. The lowest BCUT2D eigenvalue weighted by Gasteiger charge is -2.33. The van der Waals surface area contributed by atoms with Crippen molar-refractivity contribution in [3.8, 4) is 5.75 Å². The lowest BCUT2D eigenvalue weighted by atomic mass is 10.0. The molecule has 0 saturated carbocycles. The second-order valence-electron chi connectivity index (χ2n) is 8.02. The van der Waals surface area contributed by atoms with Crippen molar-refractivity contribution in [2.45, 2.75) is 11.8 Å². The molecule has 1 N–H and O–H groups in total. The number of hydrogen-bond acceptors (Lipinski definition) is 5. The molecule has 0 aromatic heterocycles. The van der Waals surface area contributed by atoms with Crippen LogP contribution in [0.2, 0.25) is 0 Å². The molecule has 0 radical (unpaired) electrons. The number of amides is 3. The average Bonchev–Trinajstić information content (AvgIpc) is 3.32. The van der Waals surface area contributed by atoms with Gasteiger partial charge in [0.2, 0.25) is 16.7 Å². The van der Waals surface area contributed by atoms with Crippen LogP contribution in [0.25, 0.3) is 0 Å². The van der Waals surface area contributed by atoms with Crippen molar-refractivity contribution in [2.75, 3.05) is 34.0 Å². The van der Waals surface area contributed by atoms with Gasteiger partial charge in [0.15, 0.2) is 0 Å². The van der Waals surface area contributed by atoms with Crippen LogP contribution in [-0.2, 0) is 19.3 Å². The molecule has 2 aliphatic rings. The zero-order valence-corrected chi connectivity index (χ0v) is 19.7. The molecule has 5 rings (SSSR count). The summed E-state index contributed by atoms with van der Waals surface area (Å²) in [6.07, 6.45) is 0. The smallest absolute Gasteiger partial charge is 0.269 e. The molecule has 0 unspecified atom stereocenters. The summed E-state index contributed by atoms with van der Waals surface area (Å²) in [7, 11) is 0. The predicted molar refractivity (Wildman–Crippen MR) is 133 cm³/mol. The van der Waals surface area contributed by atoms with Crippen LogP contribution in [0.5, 0.6) is 5.75 Å². The lowest BCUT2D eigenvalue weighted by molar-refractivity contribution is -0.124. The molecule has 2 heterocycles. The Morgan fingerprint density at radius 3 is 2.54 bits per heavy atom. The molecule has 1 spiro atoms. The Labute approximate surface area is 205 Å². The van der Waals surface area contributed by atoms with Gasteiger partial charge < -0.3 is 10.1 Å². The van der Waals surface area contributed by atoms with Gasteiger partial charge in [0.1, 0.15) is 18.1 Å². The number of carbonyl (C=O) groups excluding carboxylic acids is 3. The molecule has 2 aliphatic heterocycles. The maximum absolute atomic E-state index is 14.0. The Hall–Kier alpha value is -3.85. The molecule has 3 amide bonds. The van der Waals surface area contributed by atoms with Crippen molar-refractivity contribution >= 4 is 46.5 Å². The Balaban J connectivity index is 1.49. The first-order chi connectivity index (χ1) is 17.0. The van der Waals surface area contributed by atoms with Gasteiger partial charge in [0.05, 0.1) is 23.7 Å². The zero-order chi connectivity index (χ0) is 24.6. The van der Waals surface area contributed by atoms with E-state index in [9.17, 15) is 18.8 Å². The molecule has 1 atom stereocenters. The van der Waals surface area contributed by atoms with Crippen LogP contribution in [-0.4, -0.2) is 36.6 Å². The van der Waals surface area contributed by atoms with Crippen LogP contribution in [0.3, 0.4) is 0 Å². The second-order valence-corrected chi connectivity index (χ2v) is 9.19. The normalized spacial score (nSPS) is 18.8. The van der Waals surface area contributed by atoms with Crippen LogP contribution in [0, 0.1) is 5.82 Å². The molecule has 7 nitrogen and oxygen atoms in total. The first kappa shape index (κ1) is 22.9. The Kier molecular flexibility index (Phi) is 5.94. The fraction of sp³-hybridized carbons (Fsp3) is 0.192. The minimum Gasteiger partial charge on any atom is -0.492 e. The Bertz CT molecular complexity index is 1320. The minimum atomic E-state index is -1.37. The quantitative estimate of drug-likeness (QED) is 0.561. The van der Waals surface area contributed by atoms with Crippen LogP contribution in [0.4, 0.5) is 21.5 Å². The number of anilines is 3. The number of hydrogen-bond donors (Lipinski definition) is 1. The summed E-state index contributed by atoms with van der Waals surface area (Å²) in [5.41, 5.74) is 2.10. The molecule has 178 valence electrons. The molecule has 3 aromatic carbocycles. The third-order valence-corrected chi connectivity index (χ3v) is 7.30. The van der Waals surface area contributed by atoms with Gasteiger partial charge in [0, 0.05) is 11.3 Å². The minimum absolute atomic E-state index is 0.0826. The number of nitrogens with one attached hydrogen (secondary N) is 1. The summed E-state index contributed by atoms with van der Waals surface area (Å²) in [6, 6.07) is 19.7. The van der Waals surface area contributed by atoms with Crippen LogP contribution in [0.1, 0.15) is 12.5 Å². The lowest BCUT2D eigenvalue weighted by Crippen LogP contribution is -2.50. The van der Waals surface area contributed by atoms with Crippen molar-refractivity contribution in [3.05, 3.63) is 84.2 Å². The van der Waals surface area contributed by atoms with E-state index in [4.69, 9.17) is 4.74 Å². The third-order valence-electron chi connectivity index (χ3n) is 5.91. The van der Waals surface area contributed by atoms with Crippen molar-refractivity contribution in [2.24, 2.45) is 0 Å². The third kappa shape index (κ3) is 3.81. The zero-order valence-electron chi connectivity index (χ0n) is 18.9. The summed E-state index contributed by atoms with van der Waals surface area (Å²) < 4.78 is 19.2. The summed E-state index contributed by atoms with van der Waals surface area (Å²) in [5, 5.41) is 2.82.